The van der Waals surface area contributed by atoms with Crippen molar-refractivity contribution in [1.29, 1.82) is 0 Å². The van der Waals surface area contributed by atoms with Gasteiger partial charge in [0.2, 0.25) is 29.5 Å². The van der Waals surface area contributed by atoms with E-state index in [9.17, 15) is 33.9 Å². The number of aliphatic hydroxyl groups is 2. The lowest BCUT2D eigenvalue weighted by molar-refractivity contribution is -0.142. The van der Waals surface area contributed by atoms with Gasteiger partial charge in [-0.2, -0.15) is 0 Å². The maximum absolute atomic E-state index is 13.2. The number of carboxylic acids is 1. The Balaban J connectivity index is 5.47. The maximum Gasteiger partial charge on any atom is 0.328 e. The van der Waals surface area contributed by atoms with Gasteiger partial charge in [-0.25, -0.2) is 4.79 Å². The van der Waals surface area contributed by atoms with E-state index in [1.165, 1.54) is 0 Å². The number of hydrogen-bond acceptors (Lipinski definition) is 10. The van der Waals surface area contributed by atoms with Crippen molar-refractivity contribution in [2.75, 3.05) is 26.3 Å². The van der Waals surface area contributed by atoms with E-state index in [-0.39, 0.29) is 24.7 Å². The minimum atomic E-state index is -1.57. The monoisotopic (exact) mass is 589 g/mol. The fourth-order valence-corrected chi connectivity index (χ4v) is 3.50. The van der Waals surface area contributed by atoms with Gasteiger partial charge in [0.15, 0.2) is 0 Å². The molecule has 236 valence electrons. The van der Waals surface area contributed by atoms with Crippen molar-refractivity contribution in [3.8, 4) is 0 Å². The molecular formula is C25H47N7O9. The summed E-state index contributed by atoms with van der Waals surface area (Å²) in [6, 6.07) is -6.05. The van der Waals surface area contributed by atoms with Crippen LogP contribution in [0.4, 0.5) is 0 Å². The minimum Gasteiger partial charge on any atom is -0.480 e. The molecule has 16 heteroatoms. The Kier molecular flexibility index (Phi) is 18.1. The van der Waals surface area contributed by atoms with Crippen molar-refractivity contribution in [2.24, 2.45) is 23.3 Å². The van der Waals surface area contributed by atoms with Crippen LogP contribution in [0.2, 0.25) is 0 Å². The summed E-state index contributed by atoms with van der Waals surface area (Å²) in [6.07, 6.45) is 1.54. The number of nitrogens with one attached hydrogen (secondary N) is 5. The standard InChI is InChI=1S/C25H47N7O9/c1-13(2)9-16(31-22(37)15(7-5-6-8-26)30-24(39)20(27)14(3)4)23(38)32-17(11-33)21(36)28-10-19(35)29-18(12-34)25(40)41/h13-18,20,33-34H,5-12,26-27H2,1-4H3,(H,28,36)(H,29,35)(H,30,39)(H,31,37)(H,32,38)(H,40,41)/t15-,16-,17-,18-,20-/m0/s1. The minimum absolute atomic E-state index is 0.0792. The highest BCUT2D eigenvalue weighted by Gasteiger charge is 2.31. The van der Waals surface area contributed by atoms with Gasteiger partial charge in [-0.1, -0.05) is 27.7 Å². The zero-order valence-corrected chi connectivity index (χ0v) is 24.1. The number of rotatable bonds is 20. The van der Waals surface area contributed by atoms with E-state index in [4.69, 9.17) is 21.7 Å². The van der Waals surface area contributed by atoms with Gasteiger partial charge in [0.1, 0.15) is 24.2 Å². The predicted octanol–water partition coefficient (Wildman–Crippen LogP) is -3.73. The molecule has 0 saturated carbocycles. The zero-order chi connectivity index (χ0) is 31.7. The molecule has 41 heavy (non-hydrogen) atoms. The van der Waals surface area contributed by atoms with Crippen molar-refractivity contribution in [3.05, 3.63) is 0 Å². The van der Waals surface area contributed by atoms with E-state index in [1.54, 1.807) is 27.7 Å². The molecule has 5 amide bonds. The number of amides is 5. The summed E-state index contributed by atoms with van der Waals surface area (Å²) in [5.74, 6) is -5.55. The molecule has 0 aromatic heterocycles. The second-order valence-corrected chi connectivity index (χ2v) is 10.4. The highest BCUT2D eigenvalue weighted by atomic mass is 16.4. The van der Waals surface area contributed by atoms with Crippen LogP contribution in [0.15, 0.2) is 0 Å². The molecule has 0 aliphatic heterocycles. The molecule has 0 aliphatic rings. The molecule has 0 bridgehead atoms. The Morgan fingerprint density at radius 2 is 1.24 bits per heavy atom. The molecule has 0 unspecified atom stereocenters. The predicted molar refractivity (Wildman–Crippen MR) is 148 cm³/mol. The van der Waals surface area contributed by atoms with Crippen LogP contribution < -0.4 is 38.1 Å². The molecule has 16 nitrogen and oxygen atoms in total. The van der Waals surface area contributed by atoms with E-state index in [2.05, 4.69) is 21.3 Å². The summed E-state index contributed by atoms with van der Waals surface area (Å²) >= 11 is 0. The van der Waals surface area contributed by atoms with Crippen LogP contribution in [-0.4, -0.2) is 107 Å². The van der Waals surface area contributed by atoms with Gasteiger partial charge in [0.05, 0.1) is 25.8 Å². The lowest BCUT2D eigenvalue weighted by Crippen LogP contribution is -2.59. The van der Waals surface area contributed by atoms with Gasteiger partial charge in [-0.3, -0.25) is 24.0 Å². The van der Waals surface area contributed by atoms with Crippen molar-refractivity contribution in [2.45, 2.75) is 83.6 Å². The van der Waals surface area contributed by atoms with Crippen LogP contribution >= 0.6 is 0 Å². The molecule has 0 radical (unpaired) electrons. The largest absolute Gasteiger partial charge is 0.480 e. The number of aliphatic carboxylic acids is 1. The van der Waals surface area contributed by atoms with Crippen molar-refractivity contribution in [1.82, 2.24) is 26.6 Å². The SMILES string of the molecule is CC(C)C[C@H](NC(=O)[C@H](CCCCN)NC(=O)[C@@H](N)C(C)C)C(=O)N[C@@H](CO)C(=O)NCC(=O)N[C@@H](CO)C(=O)O. The second kappa shape index (κ2) is 19.7. The van der Waals surface area contributed by atoms with Gasteiger partial charge in [-0.15, -0.1) is 0 Å². The van der Waals surface area contributed by atoms with E-state index in [0.717, 1.165) is 0 Å². The molecule has 0 aromatic rings. The van der Waals surface area contributed by atoms with Gasteiger partial charge < -0.3 is 53.4 Å². The zero-order valence-electron chi connectivity index (χ0n) is 24.1. The molecule has 0 saturated heterocycles. The Labute approximate surface area is 239 Å². The van der Waals surface area contributed by atoms with Gasteiger partial charge in [0, 0.05) is 0 Å². The first kappa shape index (κ1) is 37.7. The first-order valence-corrected chi connectivity index (χ1v) is 13.6. The van der Waals surface area contributed by atoms with Crippen LogP contribution in [0.5, 0.6) is 0 Å². The Morgan fingerprint density at radius 1 is 0.707 bits per heavy atom. The second-order valence-electron chi connectivity index (χ2n) is 10.4. The topological polar surface area (TPSA) is 275 Å². The summed E-state index contributed by atoms with van der Waals surface area (Å²) in [5.41, 5.74) is 11.5. The number of carbonyl (C=O) groups excluding carboxylic acids is 5. The number of unbranched alkanes of at least 4 members (excludes halogenated alkanes) is 1. The van der Waals surface area contributed by atoms with Crippen molar-refractivity contribution < 1.29 is 44.1 Å². The van der Waals surface area contributed by atoms with E-state index < -0.39 is 85.5 Å². The summed E-state index contributed by atoms with van der Waals surface area (Å²) in [7, 11) is 0. The molecule has 0 spiro atoms. The van der Waals surface area contributed by atoms with Crippen LogP contribution in [0.1, 0.15) is 53.4 Å². The molecule has 0 aromatic carbocycles. The third-order valence-electron chi connectivity index (χ3n) is 6.00. The third-order valence-corrected chi connectivity index (χ3v) is 6.00. The lowest BCUT2D eigenvalue weighted by Gasteiger charge is -2.26. The number of carbonyl (C=O) groups is 6. The van der Waals surface area contributed by atoms with Crippen molar-refractivity contribution in [3.63, 3.8) is 0 Å². The van der Waals surface area contributed by atoms with E-state index in [0.29, 0.717) is 19.4 Å². The van der Waals surface area contributed by atoms with Crippen LogP contribution in [0.25, 0.3) is 0 Å². The first-order chi connectivity index (χ1) is 19.2. The number of aliphatic hydroxyl groups excluding tert-OH is 2. The van der Waals surface area contributed by atoms with Crippen molar-refractivity contribution >= 4 is 35.5 Å². The molecule has 0 rings (SSSR count). The fourth-order valence-electron chi connectivity index (χ4n) is 3.50. The summed E-state index contributed by atoms with van der Waals surface area (Å²) < 4.78 is 0. The molecular weight excluding hydrogens is 542 g/mol. The normalized spacial score (nSPS) is 14.8. The molecule has 12 N–H and O–H groups in total. The molecule has 0 fully saturated rings. The Bertz CT molecular complexity index is 885. The third kappa shape index (κ3) is 14.7. The van der Waals surface area contributed by atoms with E-state index >= 15 is 0 Å². The van der Waals surface area contributed by atoms with E-state index in [1.807, 2.05) is 5.32 Å². The highest BCUT2D eigenvalue weighted by molar-refractivity contribution is 5.95. The maximum atomic E-state index is 13.2. The fraction of sp³-hybridized carbons (Fsp3) is 0.760. The van der Waals surface area contributed by atoms with Crippen LogP contribution in [0, 0.1) is 11.8 Å². The van der Waals surface area contributed by atoms with Gasteiger partial charge in [0.25, 0.3) is 0 Å². The number of hydrogen-bond donors (Lipinski definition) is 10. The van der Waals surface area contributed by atoms with Gasteiger partial charge in [-0.05, 0) is 44.1 Å². The van der Waals surface area contributed by atoms with Gasteiger partial charge >= 0.3 is 5.97 Å². The van der Waals surface area contributed by atoms with Crippen LogP contribution in [-0.2, 0) is 28.8 Å². The quantitative estimate of drug-likeness (QED) is 0.0616. The molecule has 5 atom stereocenters. The van der Waals surface area contributed by atoms with Crippen LogP contribution in [0.3, 0.4) is 0 Å². The average Bonchev–Trinajstić information content (AvgIpc) is 2.90. The Morgan fingerprint density at radius 3 is 1.73 bits per heavy atom. The number of nitrogens with two attached hydrogens (primary N) is 2. The highest BCUT2D eigenvalue weighted by Crippen LogP contribution is 2.09. The molecule has 0 heterocycles. The smallest absolute Gasteiger partial charge is 0.328 e. The lowest BCUT2D eigenvalue weighted by atomic mass is 10.0. The summed E-state index contributed by atoms with van der Waals surface area (Å²) in [6.45, 7) is 5.12. The Hall–Kier alpha value is -3.34. The average molecular weight is 590 g/mol. The summed E-state index contributed by atoms with van der Waals surface area (Å²) in [4.78, 5) is 74.1. The number of carboxylic acid groups (broad SMARTS) is 1. The molecule has 0 aliphatic carbocycles. The first-order valence-electron chi connectivity index (χ1n) is 13.6. The summed E-state index contributed by atoms with van der Waals surface area (Å²) in [5, 5.41) is 39.3.